The molecule has 0 saturated heterocycles. The van der Waals surface area contributed by atoms with Gasteiger partial charge in [0.05, 0.1) is 11.6 Å². The average molecular weight is 476 g/mol. The second-order valence-corrected chi connectivity index (χ2v) is 8.10. The van der Waals surface area contributed by atoms with Crippen LogP contribution >= 0.6 is 0 Å². The van der Waals surface area contributed by atoms with Gasteiger partial charge in [0.15, 0.2) is 6.04 Å². The molecule has 0 bridgehead atoms. The summed E-state index contributed by atoms with van der Waals surface area (Å²) in [6.45, 7) is 0. The number of nitrogens with zero attached hydrogens (tertiary/aromatic N) is 2. The Kier molecular flexibility index (Phi) is 6.31. The van der Waals surface area contributed by atoms with Crippen LogP contribution in [0.1, 0.15) is 27.7 Å². The summed E-state index contributed by atoms with van der Waals surface area (Å²) in [4.78, 5) is 38.5. The van der Waals surface area contributed by atoms with Gasteiger partial charge in [-0.15, -0.1) is 0 Å². The minimum atomic E-state index is -1.21. The van der Waals surface area contributed by atoms with Crippen LogP contribution in [0.15, 0.2) is 107 Å². The summed E-state index contributed by atoms with van der Waals surface area (Å²) < 4.78 is 0. The number of benzene rings is 4. The van der Waals surface area contributed by atoms with Gasteiger partial charge in [-0.1, -0.05) is 72.8 Å². The fraction of sp³-hybridized carbons (Fsp3) is 0.0357. The van der Waals surface area contributed by atoms with E-state index < -0.39 is 23.4 Å². The minimum Gasteiger partial charge on any atom is -0.335 e. The molecule has 8 nitrogen and oxygen atoms in total. The maximum absolute atomic E-state index is 13.3. The fourth-order valence-electron chi connectivity index (χ4n) is 3.94. The molecular weight excluding hydrogens is 454 g/mol. The number of carbonyl (C=O) groups is 2. The Bertz CT molecular complexity index is 1660. The molecule has 176 valence electrons. The lowest BCUT2D eigenvalue weighted by molar-refractivity contribution is -0.123. The quantitative estimate of drug-likeness (QED) is 0.256. The summed E-state index contributed by atoms with van der Waals surface area (Å²) in [5.41, 5.74) is 3.48. The number of fused-ring (bicyclic) bond motifs is 2. The van der Waals surface area contributed by atoms with Crippen LogP contribution in [0.2, 0.25) is 0 Å². The molecule has 0 fully saturated rings. The highest BCUT2D eigenvalue weighted by Gasteiger charge is 2.27. The molecule has 36 heavy (non-hydrogen) atoms. The van der Waals surface area contributed by atoms with Crippen molar-refractivity contribution >= 4 is 39.6 Å². The zero-order chi connectivity index (χ0) is 24.9. The predicted octanol–water partition coefficient (Wildman–Crippen LogP) is 3.70. The summed E-state index contributed by atoms with van der Waals surface area (Å²) in [6, 6.07) is 27.8. The molecule has 5 aromatic rings. The first-order valence-electron chi connectivity index (χ1n) is 11.2. The summed E-state index contributed by atoms with van der Waals surface area (Å²) >= 11 is 0. The van der Waals surface area contributed by atoms with E-state index in [1.165, 1.54) is 6.21 Å². The highest BCUT2D eigenvalue weighted by atomic mass is 16.2. The number of carbonyl (C=O) groups excluding carboxylic acids is 2. The third-order valence-electron chi connectivity index (χ3n) is 5.73. The van der Waals surface area contributed by atoms with Crippen LogP contribution in [-0.4, -0.2) is 28.2 Å². The molecule has 0 aliphatic carbocycles. The zero-order valence-electron chi connectivity index (χ0n) is 19.0. The van der Waals surface area contributed by atoms with E-state index in [0.29, 0.717) is 16.3 Å². The molecule has 1 aromatic heterocycles. The Morgan fingerprint density at radius 3 is 2.33 bits per heavy atom. The second kappa shape index (κ2) is 10.0. The maximum atomic E-state index is 13.3. The van der Waals surface area contributed by atoms with E-state index >= 15 is 0 Å². The Morgan fingerprint density at radius 1 is 0.833 bits per heavy atom. The zero-order valence-corrected chi connectivity index (χ0v) is 19.0. The van der Waals surface area contributed by atoms with Crippen LogP contribution in [0.4, 0.5) is 0 Å². The first kappa shape index (κ1) is 22.7. The highest BCUT2D eigenvalue weighted by molar-refractivity contribution is 5.99. The van der Waals surface area contributed by atoms with Crippen LogP contribution in [0.3, 0.4) is 0 Å². The van der Waals surface area contributed by atoms with E-state index in [2.05, 4.69) is 26.0 Å². The van der Waals surface area contributed by atoms with Gasteiger partial charge in [-0.25, -0.2) is 10.5 Å². The lowest BCUT2D eigenvalue weighted by Crippen LogP contribution is -2.40. The van der Waals surface area contributed by atoms with Crippen LogP contribution in [-0.2, 0) is 4.79 Å². The minimum absolute atomic E-state index is 0.202. The number of rotatable bonds is 6. The van der Waals surface area contributed by atoms with Gasteiger partial charge in [0.25, 0.3) is 17.4 Å². The van der Waals surface area contributed by atoms with Crippen molar-refractivity contribution in [2.75, 3.05) is 0 Å². The van der Waals surface area contributed by atoms with Crippen LogP contribution < -0.4 is 16.3 Å². The third-order valence-corrected chi connectivity index (χ3v) is 5.73. The summed E-state index contributed by atoms with van der Waals surface area (Å²) in [5, 5.41) is 16.3. The molecule has 0 radical (unpaired) electrons. The summed E-state index contributed by atoms with van der Waals surface area (Å²) in [6.07, 6.45) is 1.53. The van der Waals surface area contributed by atoms with Crippen molar-refractivity contribution in [3.63, 3.8) is 0 Å². The maximum Gasteiger partial charge on any atom is 0.272 e. The number of amides is 2. The molecule has 3 N–H and O–H groups in total. The topological polar surface area (TPSA) is 116 Å². The molecule has 1 atom stereocenters. The lowest BCUT2D eigenvalue weighted by atomic mass is 10.0. The van der Waals surface area contributed by atoms with Crippen molar-refractivity contribution in [1.82, 2.24) is 20.9 Å². The van der Waals surface area contributed by atoms with E-state index in [4.69, 9.17) is 0 Å². The Morgan fingerprint density at radius 2 is 1.53 bits per heavy atom. The molecule has 0 unspecified atom stereocenters. The number of hydrazone groups is 1. The smallest absolute Gasteiger partial charge is 0.272 e. The van der Waals surface area contributed by atoms with Gasteiger partial charge >= 0.3 is 0 Å². The number of hydrogen-bond donors (Lipinski definition) is 3. The molecular formula is C28H21N5O3. The Hall–Kier alpha value is -5.11. The average Bonchev–Trinajstić information content (AvgIpc) is 2.92. The first-order chi connectivity index (χ1) is 17.6. The Balaban J connectivity index is 1.45. The summed E-state index contributed by atoms with van der Waals surface area (Å²) in [7, 11) is 0. The van der Waals surface area contributed by atoms with Crippen molar-refractivity contribution in [3.05, 3.63) is 124 Å². The van der Waals surface area contributed by atoms with Crippen LogP contribution in [0.5, 0.6) is 0 Å². The highest BCUT2D eigenvalue weighted by Crippen LogP contribution is 2.20. The molecule has 0 aliphatic rings. The summed E-state index contributed by atoms with van der Waals surface area (Å²) in [5.74, 6) is -1.08. The van der Waals surface area contributed by atoms with Crippen LogP contribution in [0.25, 0.3) is 21.5 Å². The molecule has 0 saturated carbocycles. The van der Waals surface area contributed by atoms with Crippen molar-refractivity contribution in [3.8, 4) is 0 Å². The van der Waals surface area contributed by atoms with E-state index in [1.807, 2.05) is 42.5 Å². The Labute approximate surface area is 205 Å². The standard InChI is InChI=1S/C28H21N5O3/c34-26(20-9-2-1-3-10-20)30-25(24-22-12-6-7-13-23(22)27(35)33-31-24)28(36)32-29-17-18-14-15-19-8-4-5-11-21(19)16-18/h1-17,25H,(H,30,34)(H,32,36)(H,33,35)/b29-17-/t25-/m1/s1. The van der Waals surface area contributed by atoms with Crippen molar-refractivity contribution in [1.29, 1.82) is 0 Å². The molecule has 2 amide bonds. The number of hydrogen-bond acceptors (Lipinski definition) is 5. The van der Waals surface area contributed by atoms with Gasteiger partial charge in [0.2, 0.25) is 0 Å². The number of aromatic nitrogens is 2. The SMILES string of the molecule is O=C(N[C@@H](C(=O)N/N=C\c1ccc2ccccc2c1)c1n[nH]c(=O)c2ccccc12)c1ccccc1. The van der Waals surface area contributed by atoms with Gasteiger partial charge in [-0.3, -0.25) is 14.4 Å². The molecule has 0 aliphatic heterocycles. The molecule has 1 heterocycles. The first-order valence-corrected chi connectivity index (χ1v) is 11.2. The third kappa shape index (κ3) is 4.74. The monoisotopic (exact) mass is 475 g/mol. The van der Waals surface area contributed by atoms with E-state index in [9.17, 15) is 14.4 Å². The largest absolute Gasteiger partial charge is 0.335 e. The van der Waals surface area contributed by atoms with Crippen molar-refractivity contribution < 1.29 is 9.59 Å². The number of aromatic amines is 1. The van der Waals surface area contributed by atoms with Gasteiger partial charge in [-0.2, -0.15) is 10.2 Å². The lowest BCUT2D eigenvalue weighted by Gasteiger charge is -2.18. The number of nitrogens with one attached hydrogen (secondary N) is 3. The normalized spacial score (nSPS) is 12.0. The van der Waals surface area contributed by atoms with Gasteiger partial charge in [-0.05, 0) is 40.6 Å². The molecule has 8 heteroatoms. The van der Waals surface area contributed by atoms with Gasteiger partial charge in [0, 0.05) is 10.9 Å². The van der Waals surface area contributed by atoms with Crippen LogP contribution in [0, 0.1) is 0 Å². The van der Waals surface area contributed by atoms with E-state index in [1.54, 1.807) is 54.6 Å². The van der Waals surface area contributed by atoms with Crippen molar-refractivity contribution in [2.45, 2.75) is 6.04 Å². The predicted molar refractivity (Wildman–Crippen MR) is 139 cm³/mol. The number of H-pyrrole nitrogens is 1. The molecule has 4 aromatic carbocycles. The molecule has 0 spiro atoms. The fourth-order valence-corrected chi connectivity index (χ4v) is 3.94. The van der Waals surface area contributed by atoms with Crippen molar-refractivity contribution in [2.24, 2.45) is 5.10 Å². The van der Waals surface area contributed by atoms with E-state index in [0.717, 1.165) is 16.3 Å². The van der Waals surface area contributed by atoms with E-state index in [-0.39, 0.29) is 5.69 Å². The van der Waals surface area contributed by atoms with Gasteiger partial charge in [0.1, 0.15) is 5.69 Å². The van der Waals surface area contributed by atoms with Gasteiger partial charge < -0.3 is 5.32 Å². The second-order valence-electron chi connectivity index (χ2n) is 8.10. The molecule has 5 rings (SSSR count).